The number of rotatable bonds is 7. The summed E-state index contributed by atoms with van der Waals surface area (Å²) >= 11 is 1.18. The minimum absolute atomic E-state index is 0.102. The Labute approximate surface area is 161 Å². The van der Waals surface area contributed by atoms with Gasteiger partial charge < -0.3 is 14.4 Å². The van der Waals surface area contributed by atoms with Gasteiger partial charge in [-0.15, -0.1) is 5.10 Å². The lowest BCUT2D eigenvalue weighted by Crippen LogP contribution is -2.32. The summed E-state index contributed by atoms with van der Waals surface area (Å²) in [6.45, 7) is 1.37. The van der Waals surface area contributed by atoms with Gasteiger partial charge in [0.1, 0.15) is 0 Å². The number of aryl methyl sites for hydroxylation is 1. The van der Waals surface area contributed by atoms with Crippen LogP contribution >= 0.6 is 11.5 Å². The molecule has 1 aliphatic rings. The maximum atomic E-state index is 12.9. The molecule has 0 N–H and O–H groups in total. The predicted molar refractivity (Wildman–Crippen MR) is 102 cm³/mol. The van der Waals surface area contributed by atoms with Crippen molar-refractivity contribution in [3.8, 4) is 11.5 Å². The molecule has 0 saturated heterocycles. The van der Waals surface area contributed by atoms with E-state index in [0.29, 0.717) is 18.8 Å². The van der Waals surface area contributed by atoms with E-state index in [4.69, 9.17) is 9.47 Å². The van der Waals surface area contributed by atoms with Crippen LogP contribution in [0.1, 0.15) is 28.0 Å². The summed E-state index contributed by atoms with van der Waals surface area (Å²) in [5.41, 5.74) is 2.65. The Balaban J connectivity index is 1.46. The summed E-state index contributed by atoms with van der Waals surface area (Å²) in [6.07, 6.45) is 1.79. The number of hydrogen-bond acceptors (Lipinski definition) is 6. The van der Waals surface area contributed by atoms with E-state index in [1.807, 2.05) is 41.3 Å². The number of carbonyl (C=O) groups is 1. The maximum absolute atomic E-state index is 12.9. The molecule has 2 heterocycles. The fourth-order valence-electron chi connectivity index (χ4n) is 3.05. The number of carbonyl (C=O) groups excluding carboxylic acids is 1. The maximum Gasteiger partial charge on any atom is 0.275 e. The number of aromatic nitrogens is 2. The lowest BCUT2D eigenvalue weighted by atomic mass is 10.1. The summed E-state index contributed by atoms with van der Waals surface area (Å²) < 4.78 is 14.6. The molecular weight excluding hydrogens is 362 g/mol. The third kappa shape index (κ3) is 4.25. The van der Waals surface area contributed by atoms with Crippen LogP contribution in [-0.2, 0) is 13.0 Å². The van der Waals surface area contributed by atoms with Crippen LogP contribution in [0.5, 0.6) is 11.5 Å². The van der Waals surface area contributed by atoms with Crippen molar-refractivity contribution in [3.63, 3.8) is 0 Å². The van der Waals surface area contributed by atoms with Crippen molar-refractivity contribution in [3.05, 3.63) is 70.7 Å². The van der Waals surface area contributed by atoms with Gasteiger partial charge in [-0.3, -0.25) is 4.79 Å². The van der Waals surface area contributed by atoms with Crippen LogP contribution in [0, 0.1) is 0 Å². The first-order valence-electron chi connectivity index (χ1n) is 8.78. The highest BCUT2D eigenvalue weighted by Gasteiger charge is 2.20. The largest absolute Gasteiger partial charge is 0.454 e. The van der Waals surface area contributed by atoms with Crippen LogP contribution in [-0.4, -0.2) is 33.7 Å². The van der Waals surface area contributed by atoms with Crippen LogP contribution in [0.25, 0.3) is 0 Å². The van der Waals surface area contributed by atoms with Crippen LogP contribution < -0.4 is 9.47 Å². The molecule has 27 heavy (non-hydrogen) atoms. The molecule has 1 aliphatic heterocycles. The van der Waals surface area contributed by atoms with E-state index in [1.165, 1.54) is 17.1 Å². The monoisotopic (exact) mass is 381 g/mol. The molecule has 1 amide bonds. The standard InChI is InChI=1S/C20H19N3O3S/c24-20(17-13-27-22-21-17)23(10-4-7-15-5-2-1-3-6-15)12-16-8-9-18-19(11-16)26-14-25-18/h1-3,5-6,8-9,11,13H,4,7,10,12,14H2. The highest BCUT2D eigenvalue weighted by Crippen LogP contribution is 2.32. The van der Waals surface area contributed by atoms with Gasteiger partial charge in [0.2, 0.25) is 6.79 Å². The zero-order valence-electron chi connectivity index (χ0n) is 14.7. The molecule has 0 radical (unpaired) electrons. The number of fused-ring (bicyclic) bond motifs is 1. The van der Waals surface area contributed by atoms with Crippen molar-refractivity contribution in [1.82, 2.24) is 14.5 Å². The minimum Gasteiger partial charge on any atom is -0.454 e. The van der Waals surface area contributed by atoms with E-state index in [2.05, 4.69) is 21.7 Å². The minimum atomic E-state index is -0.102. The number of hydrogen-bond donors (Lipinski definition) is 0. The third-order valence-electron chi connectivity index (χ3n) is 4.41. The number of benzene rings is 2. The van der Waals surface area contributed by atoms with E-state index >= 15 is 0 Å². The topological polar surface area (TPSA) is 64.6 Å². The molecule has 0 unspecified atom stereocenters. The Kier molecular flexibility index (Phi) is 5.29. The zero-order chi connectivity index (χ0) is 18.5. The molecule has 1 aromatic heterocycles. The molecule has 4 rings (SSSR count). The second kappa shape index (κ2) is 8.18. The molecule has 138 valence electrons. The van der Waals surface area contributed by atoms with E-state index < -0.39 is 0 Å². The average Bonchev–Trinajstić information content (AvgIpc) is 3.39. The van der Waals surface area contributed by atoms with E-state index in [1.54, 1.807) is 5.38 Å². The fourth-order valence-corrected chi connectivity index (χ4v) is 3.48. The highest BCUT2D eigenvalue weighted by atomic mass is 32.1. The lowest BCUT2D eigenvalue weighted by Gasteiger charge is -2.22. The summed E-state index contributed by atoms with van der Waals surface area (Å²) in [7, 11) is 0. The predicted octanol–water partition coefficient (Wildman–Crippen LogP) is 3.54. The molecule has 0 fully saturated rings. The van der Waals surface area contributed by atoms with Crippen molar-refractivity contribution in [1.29, 1.82) is 0 Å². The van der Waals surface area contributed by atoms with Gasteiger partial charge in [0.25, 0.3) is 5.91 Å². The van der Waals surface area contributed by atoms with E-state index in [0.717, 1.165) is 29.9 Å². The van der Waals surface area contributed by atoms with Crippen LogP contribution in [0.3, 0.4) is 0 Å². The van der Waals surface area contributed by atoms with Gasteiger partial charge in [0.05, 0.1) is 0 Å². The van der Waals surface area contributed by atoms with E-state index in [9.17, 15) is 4.79 Å². The quantitative estimate of drug-likeness (QED) is 0.626. The summed E-state index contributed by atoms with van der Waals surface area (Å²) in [5, 5.41) is 5.62. The normalized spacial score (nSPS) is 12.1. The molecule has 6 nitrogen and oxygen atoms in total. The van der Waals surface area contributed by atoms with Crippen molar-refractivity contribution in [2.45, 2.75) is 19.4 Å². The lowest BCUT2D eigenvalue weighted by molar-refractivity contribution is 0.0735. The van der Waals surface area contributed by atoms with E-state index in [-0.39, 0.29) is 12.7 Å². The van der Waals surface area contributed by atoms with Crippen molar-refractivity contribution in [2.75, 3.05) is 13.3 Å². The Hall–Kier alpha value is -2.93. The third-order valence-corrected chi connectivity index (χ3v) is 4.92. The van der Waals surface area contributed by atoms with Crippen molar-refractivity contribution < 1.29 is 14.3 Å². The SMILES string of the molecule is O=C(c1csnn1)N(CCCc1ccccc1)Cc1ccc2c(c1)OCO2. The fraction of sp³-hybridized carbons (Fsp3) is 0.250. The Morgan fingerprint density at radius 2 is 1.93 bits per heavy atom. The highest BCUT2D eigenvalue weighted by molar-refractivity contribution is 7.03. The van der Waals surface area contributed by atoms with Gasteiger partial charge in [-0.1, -0.05) is 40.9 Å². The van der Waals surface area contributed by atoms with Gasteiger partial charge in [-0.2, -0.15) is 0 Å². The first-order chi connectivity index (χ1) is 13.3. The molecular formula is C20H19N3O3S. The molecule has 3 aromatic rings. The molecule has 0 aliphatic carbocycles. The van der Waals surface area contributed by atoms with Gasteiger partial charge in [-0.05, 0) is 47.6 Å². The van der Waals surface area contributed by atoms with Crippen molar-refractivity contribution in [2.24, 2.45) is 0 Å². The van der Waals surface area contributed by atoms with Crippen LogP contribution in [0.15, 0.2) is 53.9 Å². The number of amides is 1. The summed E-state index contributed by atoms with van der Waals surface area (Å²) in [5.74, 6) is 1.36. The molecule has 0 spiro atoms. The van der Waals surface area contributed by atoms with Gasteiger partial charge in [0, 0.05) is 18.5 Å². The molecule has 0 bridgehead atoms. The molecule has 0 saturated carbocycles. The molecule has 0 atom stereocenters. The van der Waals surface area contributed by atoms with Gasteiger partial charge in [0.15, 0.2) is 17.2 Å². The Morgan fingerprint density at radius 3 is 2.74 bits per heavy atom. The Bertz CT molecular complexity index is 900. The second-order valence-electron chi connectivity index (χ2n) is 6.29. The molecule has 2 aromatic carbocycles. The zero-order valence-corrected chi connectivity index (χ0v) is 15.5. The molecule has 7 heteroatoms. The van der Waals surface area contributed by atoms with Crippen molar-refractivity contribution >= 4 is 17.4 Å². The summed E-state index contributed by atoms with van der Waals surface area (Å²) in [4.78, 5) is 14.7. The van der Waals surface area contributed by atoms with Crippen LogP contribution in [0.4, 0.5) is 0 Å². The average molecular weight is 381 g/mol. The number of nitrogens with zero attached hydrogens (tertiary/aromatic N) is 3. The van der Waals surface area contributed by atoms with Crippen LogP contribution in [0.2, 0.25) is 0 Å². The first-order valence-corrected chi connectivity index (χ1v) is 9.62. The van der Waals surface area contributed by atoms with Gasteiger partial charge in [-0.25, -0.2) is 0 Å². The Morgan fingerprint density at radius 1 is 1.07 bits per heavy atom. The first kappa shape index (κ1) is 17.5. The second-order valence-corrected chi connectivity index (χ2v) is 6.90. The smallest absolute Gasteiger partial charge is 0.275 e. The van der Waals surface area contributed by atoms with Gasteiger partial charge >= 0.3 is 0 Å². The summed E-state index contributed by atoms with van der Waals surface area (Å²) in [6, 6.07) is 16.1. The number of ether oxygens (including phenoxy) is 2.